The van der Waals surface area contributed by atoms with E-state index in [1.54, 1.807) is 0 Å². The van der Waals surface area contributed by atoms with E-state index in [1.807, 2.05) is 6.07 Å². The molecule has 2 aliphatic rings. The van der Waals surface area contributed by atoms with Gasteiger partial charge in [-0.1, -0.05) is 30.3 Å². The Kier molecular flexibility index (Phi) is 2.13. The average Bonchev–Trinajstić information content (AvgIpc) is 2.47. The predicted octanol–water partition coefficient (Wildman–Crippen LogP) is 3.22. The zero-order chi connectivity index (χ0) is 11.2. The molecule has 0 aliphatic carbocycles. The third kappa shape index (κ3) is 1.40. The minimum Gasteiger partial charge on any atom is -0.344 e. The lowest BCUT2D eigenvalue weighted by Gasteiger charge is -2.28. The highest BCUT2D eigenvalue weighted by Crippen LogP contribution is 2.50. The summed E-state index contributed by atoms with van der Waals surface area (Å²) in [5.74, 6) is -0.368. The van der Waals surface area contributed by atoms with Crippen LogP contribution in [0.4, 0.5) is 0 Å². The van der Waals surface area contributed by atoms with Crippen LogP contribution in [0.5, 0.6) is 0 Å². The molecule has 2 aliphatic heterocycles. The quantitative estimate of drug-likeness (QED) is 0.720. The highest BCUT2D eigenvalue weighted by atomic mass is 16.8. The van der Waals surface area contributed by atoms with E-state index < -0.39 is 0 Å². The van der Waals surface area contributed by atoms with Gasteiger partial charge in [-0.25, -0.2) is 0 Å². The number of hydrogen-bond acceptors (Lipinski definition) is 2. The van der Waals surface area contributed by atoms with E-state index in [0.29, 0.717) is 0 Å². The normalized spacial score (nSPS) is 42.2. The van der Waals surface area contributed by atoms with Crippen molar-refractivity contribution in [1.29, 1.82) is 0 Å². The number of rotatable bonds is 1. The highest BCUT2D eigenvalue weighted by Gasteiger charge is 2.54. The maximum absolute atomic E-state index is 6.22. The van der Waals surface area contributed by atoms with Crippen molar-refractivity contribution in [2.45, 2.75) is 50.6 Å². The molecule has 0 amide bonds. The fourth-order valence-electron chi connectivity index (χ4n) is 3.02. The second-order valence-corrected chi connectivity index (χ2v) is 5.21. The molecular formula is C14H18O2. The minimum absolute atomic E-state index is 0.202. The second kappa shape index (κ2) is 3.31. The standard InChI is InChI=1S/C14H18O2/c1-13-10-6-9-12(15-13)14(2,16-13)11-7-4-3-5-8-11/h3-5,7-8,12H,6,9-10H2,1-2H3/t12-,13-,14+/m1/s1. The van der Waals surface area contributed by atoms with E-state index in [1.165, 1.54) is 12.0 Å². The molecule has 0 saturated carbocycles. The first-order valence-electron chi connectivity index (χ1n) is 6.06. The Morgan fingerprint density at radius 2 is 1.94 bits per heavy atom. The molecule has 1 aromatic rings. The van der Waals surface area contributed by atoms with Gasteiger partial charge >= 0.3 is 0 Å². The summed E-state index contributed by atoms with van der Waals surface area (Å²) in [6.45, 7) is 4.22. The molecule has 0 radical (unpaired) electrons. The first-order chi connectivity index (χ1) is 7.62. The smallest absolute Gasteiger partial charge is 0.167 e. The molecule has 86 valence electrons. The number of fused-ring (bicyclic) bond motifs is 2. The number of benzene rings is 1. The van der Waals surface area contributed by atoms with Crippen LogP contribution in [0, 0.1) is 0 Å². The third-order valence-electron chi connectivity index (χ3n) is 3.88. The van der Waals surface area contributed by atoms with Gasteiger partial charge in [-0.05, 0) is 32.3 Å². The number of hydrogen-bond donors (Lipinski definition) is 0. The summed E-state index contributed by atoms with van der Waals surface area (Å²) in [7, 11) is 0. The van der Waals surface area contributed by atoms with Crippen LogP contribution in [-0.4, -0.2) is 11.9 Å². The van der Waals surface area contributed by atoms with Gasteiger partial charge in [0.25, 0.3) is 0 Å². The lowest BCUT2D eigenvalue weighted by Crippen LogP contribution is -2.33. The molecule has 0 N–H and O–H groups in total. The molecule has 2 heterocycles. The van der Waals surface area contributed by atoms with E-state index in [2.05, 4.69) is 38.1 Å². The Hall–Kier alpha value is -0.860. The molecule has 2 nitrogen and oxygen atoms in total. The third-order valence-corrected chi connectivity index (χ3v) is 3.88. The maximum Gasteiger partial charge on any atom is 0.167 e. The van der Waals surface area contributed by atoms with Crippen molar-refractivity contribution in [2.75, 3.05) is 0 Å². The van der Waals surface area contributed by atoms with Crippen LogP contribution >= 0.6 is 0 Å². The van der Waals surface area contributed by atoms with Gasteiger partial charge in [0, 0.05) is 6.42 Å². The Bertz CT molecular complexity index is 389. The zero-order valence-electron chi connectivity index (χ0n) is 9.90. The van der Waals surface area contributed by atoms with Gasteiger partial charge in [0.15, 0.2) is 5.79 Å². The average molecular weight is 218 g/mol. The summed E-state index contributed by atoms with van der Waals surface area (Å²) in [5, 5.41) is 0. The van der Waals surface area contributed by atoms with Gasteiger partial charge in [0.2, 0.25) is 0 Å². The first-order valence-corrected chi connectivity index (χ1v) is 6.06. The summed E-state index contributed by atoms with van der Waals surface area (Å²) in [4.78, 5) is 0. The number of ether oxygens (including phenoxy) is 2. The maximum atomic E-state index is 6.22. The van der Waals surface area contributed by atoms with Crippen molar-refractivity contribution < 1.29 is 9.47 Å². The van der Waals surface area contributed by atoms with Crippen molar-refractivity contribution in [3.8, 4) is 0 Å². The van der Waals surface area contributed by atoms with Gasteiger partial charge < -0.3 is 9.47 Å². The predicted molar refractivity (Wildman–Crippen MR) is 62.0 cm³/mol. The summed E-state index contributed by atoms with van der Waals surface area (Å²) >= 11 is 0. The van der Waals surface area contributed by atoms with Gasteiger partial charge in [-0.3, -0.25) is 0 Å². The molecule has 2 bridgehead atoms. The van der Waals surface area contributed by atoms with Crippen LogP contribution < -0.4 is 0 Å². The molecule has 3 rings (SSSR count). The van der Waals surface area contributed by atoms with Gasteiger partial charge in [-0.15, -0.1) is 0 Å². The van der Waals surface area contributed by atoms with E-state index in [-0.39, 0.29) is 17.5 Å². The molecule has 1 aromatic carbocycles. The molecule has 0 unspecified atom stereocenters. The fraction of sp³-hybridized carbons (Fsp3) is 0.571. The van der Waals surface area contributed by atoms with Crippen molar-refractivity contribution >= 4 is 0 Å². The van der Waals surface area contributed by atoms with Crippen LogP contribution in [0.3, 0.4) is 0 Å². The van der Waals surface area contributed by atoms with E-state index in [4.69, 9.17) is 9.47 Å². The van der Waals surface area contributed by atoms with Gasteiger partial charge in [0.05, 0.1) is 6.10 Å². The summed E-state index contributed by atoms with van der Waals surface area (Å²) in [6, 6.07) is 10.4. The molecule has 0 aromatic heterocycles. The van der Waals surface area contributed by atoms with Crippen molar-refractivity contribution in [3.05, 3.63) is 35.9 Å². The van der Waals surface area contributed by atoms with Crippen LogP contribution in [0.2, 0.25) is 0 Å². The largest absolute Gasteiger partial charge is 0.344 e. The van der Waals surface area contributed by atoms with Crippen LogP contribution in [-0.2, 0) is 15.1 Å². The van der Waals surface area contributed by atoms with Crippen molar-refractivity contribution in [1.82, 2.24) is 0 Å². The molecule has 2 fully saturated rings. The molecule has 2 saturated heterocycles. The van der Waals surface area contributed by atoms with E-state index in [0.717, 1.165) is 12.8 Å². The second-order valence-electron chi connectivity index (χ2n) is 5.21. The Morgan fingerprint density at radius 1 is 1.19 bits per heavy atom. The summed E-state index contributed by atoms with van der Waals surface area (Å²) in [5.41, 5.74) is 0.956. The molecule has 3 atom stereocenters. The van der Waals surface area contributed by atoms with Crippen LogP contribution in [0.25, 0.3) is 0 Å². The Morgan fingerprint density at radius 3 is 2.62 bits per heavy atom. The highest BCUT2D eigenvalue weighted by molar-refractivity contribution is 5.25. The first kappa shape index (κ1) is 10.3. The lowest BCUT2D eigenvalue weighted by molar-refractivity contribution is -0.189. The van der Waals surface area contributed by atoms with Gasteiger partial charge in [-0.2, -0.15) is 0 Å². The zero-order valence-corrected chi connectivity index (χ0v) is 9.90. The molecule has 0 spiro atoms. The lowest BCUT2D eigenvalue weighted by atomic mass is 9.87. The SMILES string of the molecule is C[C@@]12CCC[C@@H](O1)[C@](C)(c1ccccc1)O2. The monoisotopic (exact) mass is 218 g/mol. The van der Waals surface area contributed by atoms with Gasteiger partial charge in [0.1, 0.15) is 5.60 Å². The van der Waals surface area contributed by atoms with E-state index >= 15 is 0 Å². The fourth-order valence-corrected chi connectivity index (χ4v) is 3.02. The van der Waals surface area contributed by atoms with E-state index in [9.17, 15) is 0 Å². The molecule has 16 heavy (non-hydrogen) atoms. The molecule has 2 heteroatoms. The van der Waals surface area contributed by atoms with Crippen molar-refractivity contribution in [2.24, 2.45) is 0 Å². The Balaban J connectivity index is 2.00. The topological polar surface area (TPSA) is 18.5 Å². The Labute approximate surface area is 96.6 Å². The van der Waals surface area contributed by atoms with Crippen LogP contribution in [0.1, 0.15) is 38.7 Å². The van der Waals surface area contributed by atoms with Crippen LogP contribution in [0.15, 0.2) is 30.3 Å². The van der Waals surface area contributed by atoms with Crippen molar-refractivity contribution in [3.63, 3.8) is 0 Å². The summed E-state index contributed by atoms with van der Waals surface area (Å²) in [6.07, 6.45) is 3.50. The minimum atomic E-state index is -0.368. The summed E-state index contributed by atoms with van der Waals surface area (Å²) < 4.78 is 12.3. The molecular weight excluding hydrogens is 200 g/mol.